The number of aromatic nitrogens is 2. The monoisotopic (exact) mass is 363 g/mol. The SMILES string of the molecule is Cn1ccnc1SCc1cccc(C(=O)N2CCCc3ccccc32)c1. The highest BCUT2D eigenvalue weighted by atomic mass is 32.2. The van der Waals surface area contributed by atoms with E-state index >= 15 is 0 Å². The smallest absolute Gasteiger partial charge is 0.258 e. The number of fused-ring (bicyclic) bond motifs is 1. The highest BCUT2D eigenvalue weighted by Crippen LogP contribution is 2.28. The topological polar surface area (TPSA) is 38.1 Å². The number of carbonyl (C=O) groups excluding carboxylic acids is 1. The van der Waals surface area contributed by atoms with E-state index in [0.717, 1.165) is 47.1 Å². The minimum Gasteiger partial charge on any atom is -0.329 e. The summed E-state index contributed by atoms with van der Waals surface area (Å²) in [6.45, 7) is 0.780. The molecule has 3 aromatic rings. The minimum atomic E-state index is 0.0843. The van der Waals surface area contributed by atoms with Gasteiger partial charge in [0.05, 0.1) is 0 Å². The fraction of sp³-hybridized carbons (Fsp3) is 0.238. The summed E-state index contributed by atoms with van der Waals surface area (Å²) in [6.07, 6.45) is 5.80. The Balaban J connectivity index is 1.53. The van der Waals surface area contributed by atoms with E-state index in [4.69, 9.17) is 0 Å². The number of nitrogens with zero attached hydrogens (tertiary/aromatic N) is 3. The minimum absolute atomic E-state index is 0.0843. The van der Waals surface area contributed by atoms with Crippen molar-refractivity contribution in [3.8, 4) is 0 Å². The lowest BCUT2D eigenvalue weighted by atomic mass is 10.0. The van der Waals surface area contributed by atoms with Gasteiger partial charge < -0.3 is 9.47 Å². The number of imidazole rings is 1. The number of para-hydroxylation sites is 1. The lowest BCUT2D eigenvalue weighted by Gasteiger charge is -2.29. The van der Waals surface area contributed by atoms with Gasteiger partial charge in [0.1, 0.15) is 0 Å². The second-order valence-electron chi connectivity index (χ2n) is 6.50. The van der Waals surface area contributed by atoms with Crippen molar-refractivity contribution in [1.29, 1.82) is 0 Å². The van der Waals surface area contributed by atoms with Gasteiger partial charge in [-0.15, -0.1) is 0 Å². The Morgan fingerprint density at radius 3 is 2.92 bits per heavy atom. The summed E-state index contributed by atoms with van der Waals surface area (Å²) < 4.78 is 2.00. The fourth-order valence-electron chi connectivity index (χ4n) is 3.33. The molecule has 132 valence electrons. The molecule has 0 atom stereocenters. The van der Waals surface area contributed by atoms with Crippen LogP contribution >= 0.6 is 11.8 Å². The molecule has 4 rings (SSSR count). The van der Waals surface area contributed by atoms with Crippen LogP contribution in [0.3, 0.4) is 0 Å². The molecule has 0 fully saturated rings. The zero-order valence-electron chi connectivity index (χ0n) is 14.8. The quantitative estimate of drug-likeness (QED) is 0.649. The number of anilines is 1. The molecule has 26 heavy (non-hydrogen) atoms. The van der Waals surface area contributed by atoms with Gasteiger partial charge in [-0.05, 0) is 42.2 Å². The highest BCUT2D eigenvalue weighted by molar-refractivity contribution is 7.98. The standard InChI is InChI=1S/C21H21N3OS/c1-23-13-11-22-21(23)26-15-16-6-4-8-18(14-16)20(25)24-12-5-9-17-7-2-3-10-19(17)24/h2-4,6-8,10-11,13-14H,5,9,12,15H2,1H3. The number of hydrogen-bond acceptors (Lipinski definition) is 3. The number of thioether (sulfide) groups is 1. The average molecular weight is 363 g/mol. The molecule has 0 saturated heterocycles. The molecule has 1 amide bonds. The lowest BCUT2D eigenvalue weighted by Crippen LogP contribution is -2.35. The van der Waals surface area contributed by atoms with Crippen LogP contribution in [0.1, 0.15) is 27.9 Å². The molecule has 0 unspecified atom stereocenters. The molecule has 0 aliphatic carbocycles. The molecular formula is C21H21N3OS. The van der Waals surface area contributed by atoms with Crippen molar-refractivity contribution in [2.45, 2.75) is 23.8 Å². The van der Waals surface area contributed by atoms with Crippen LogP contribution in [0, 0.1) is 0 Å². The first kappa shape index (κ1) is 16.9. The molecule has 2 aromatic carbocycles. The molecule has 0 radical (unpaired) electrons. The van der Waals surface area contributed by atoms with Crippen LogP contribution in [0.2, 0.25) is 0 Å². The van der Waals surface area contributed by atoms with Gasteiger partial charge in [-0.3, -0.25) is 4.79 Å². The van der Waals surface area contributed by atoms with Gasteiger partial charge in [0.25, 0.3) is 5.91 Å². The van der Waals surface area contributed by atoms with Crippen LogP contribution in [-0.4, -0.2) is 22.0 Å². The van der Waals surface area contributed by atoms with E-state index in [-0.39, 0.29) is 5.91 Å². The molecule has 5 heteroatoms. The van der Waals surface area contributed by atoms with E-state index in [1.807, 2.05) is 59.1 Å². The Bertz CT molecular complexity index is 934. The molecule has 2 heterocycles. The summed E-state index contributed by atoms with van der Waals surface area (Å²) in [5, 5.41) is 0.978. The molecule has 0 bridgehead atoms. The van der Waals surface area contributed by atoms with E-state index in [0.29, 0.717) is 0 Å². The summed E-state index contributed by atoms with van der Waals surface area (Å²) in [5.74, 6) is 0.878. The van der Waals surface area contributed by atoms with E-state index in [1.165, 1.54) is 5.56 Å². The molecular weight excluding hydrogens is 342 g/mol. The third kappa shape index (κ3) is 3.40. The normalized spacial score (nSPS) is 13.5. The van der Waals surface area contributed by atoms with E-state index in [9.17, 15) is 4.79 Å². The van der Waals surface area contributed by atoms with Crippen LogP contribution in [-0.2, 0) is 19.2 Å². The van der Waals surface area contributed by atoms with Crippen molar-refractivity contribution in [1.82, 2.24) is 9.55 Å². The first-order valence-electron chi connectivity index (χ1n) is 8.81. The third-order valence-corrected chi connectivity index (χ3v) is 5.80. The van der Waals surface area contributed by atoms with Crippen molar-refractivity contribution >= 4 is 23.4 Å². The molecule has 4 nitrogen and oxygen atoms in total. The summed E-state index contributed by atoms with van der Waals surface area (Å²) in [4.78, 5) is 19.4. The second-order valence-corrected chi connectivity index (χ2v) is 7.44. The Hall–Kier alpha value is -2.53. The van der Waals surface area contributed by atoms with Crippen molar-refractivity contribution in [3.05, 3.63) is 77.6 Å². The second kappa shape index (κ2) is 7.38. The Labute approximate surface area is 157 Å². The summed E-state index contributed by atoms with van der Waals surface area (Å²) in [7, 11) is 1.99. The molecule has 1 aliphatic rings. The van der Waals surface area contributed by atoms with Gasteiger partial charge in [-0.2, -0.15) is 0 Å². The number of carbonyl (C=O) groups is 1. The molecule has 1 aliphatic heterocycles. The molecule has 0 spiro atoms. The fourth-order valence-corrected chi connectivity index (χ4v) is 4.21. The maximum atomic E-state index is 13.1. The Kier molecular flexibility index (Phi) is 4.80. The van der Waals surface area contributed by atoms with Crippen LogP contribution in [0.4, 0.5) is 5.69 Å². The highest BCUT2D eigenvalue weighted by Gasteiger charge is 2.23. The maximum Gasteiger partial charge on any atom is 0.258 e. The largest absolute Gasteiger partial charge is 0.329 e. The van der Waals surface area contributed by atoms with Gasteiger partial charge in [-0.1, -0.05) is 42.1 Å². The molecule has 0 N–H and O–H groups in total. The van der Waals surface area contributed by atoms with E-state index in [2.05, 4.69) is 17.1 Å². The van der Waals surface area contributed by atoms with Crippen LogP contribution in [0.5, 0.6) is 0 Å². The van der Waals surface area contributed by atoms with Crippen LogP contribution in [0.15, 0.2) is 66.1 Å². The predicted molar refractivity (Wildman–Crippen MR) is 106 cm³/mol. The third-order valence-electron chi connectivity index (χ3n) is 4.67. The Morgan fingerprint density at radius 1 is 1.19 bits per heavy atom. The predicted octanol–water partition coefficient (Wildman–Crippen LogP) is 4.31. The van der Waals surface area contributed by atoms with Crippen molar-refractivity contribution in [2.75, 3.05) is 11.4 Å². The van der Waals surface area contributed by atoms with Gasteiger partial charge >= 0.3 is 0 Å². The van der Waals surface area contributed by atoms with E-state index < -0.39 is 0 Å². The number of aryl methyl sites for hydroxylation is 2. The van der Waals surface area contributed by atoms with Gasteiger partial charge in [-0.25, -0.2) is 4.98 Å². The number of rotatable bonds is 4. The first-order valence-corrected chi connectivity index (χ1v) is 9.80. The summed E-state index contributed by atoms with van der Waals surface area (Å²) in [6, 6.07) is 16.2. The van der Waals surface area contributed by atoms with Gasteiger partial charge in [0.2, 0.25) is 0 Å². The Morgan fingerprint density at radius 2 is 2.08 bits per heavy atom. The maximum absolute atomic E-state index is 13.1. The lowest BCUT2D eigenvalue weighted by molar-refractivity contribution is 0.0985. The number of benzene rings is 2. The van der Waals surface area contributed by atoms with Crippen molar-refractivity contribution < 1.29 is 4.79 Å². The zero-order chi connectivity index (χ0) is 17.9. The zero-order valence-corrected chi connectivity index (χ0v) is 15.6. The summed E-state index contributed by atoms with van der Waals surface area (Å²) in [5.41, 5.74) is 4.19. The molecule has 0 saturated carbocycles. The first-order chi connectivity index (χ1) is 12.7. The molecule has 1 aromatic heterocycles. The van der Waals surface area contributed by atoms with Crippen LogP contribution < -0.4 is 4.90 Å². The number of hydrogen-bond donors (Lipinski definition) is 0. The number of amides is 1. The van der Waals surface area contributed by atoms with Crippen LogP contribution in [0.25, 0.3) is 0 Å². The van der Waals surface area contributed by atoms with Crippen molar-refractivity contribution in [2.24, 2.45) is 7.05 Å². The average Bonchev–Trinajstić information content (AvgIpc) is 3.10. The van der Waals surface area contributed by atoms with Crippen molar-refractivity contribution in [3.63, 3.8) is 0 Å². The van der Waals surface area contributed by atoms with E-state index in [1.54, 1.807) is 18.0 Å². The van der Waals surface area contributed by atoms with Gasteiger partial charge in [0, 0.05) is 43.0 Å². The van der Waals surface area contributed by atoms with Gasteiger partial charge in [0.15, 0.2) is 5.16 Å². The summed E-state index contributed by atoms with van der Waals surface area (Å²) >= 11 is 1.68.